The molecule has 6 heteroatoms. The Morgan fingerprint density at radius 3 is 2.60 bits per heavy atom. The molecule has 0 aliphatic carbocycles. The number of aliphatic imine (C=N–C) groups is 1. The standard InChI is InChI=1S/C24H22BrClN2O2/c1-3-17-5-9-20(10-6-17)27-14-18-12-19(25)7-11-23(18)30-15-24(29)28-21-8-4-16(2)22(26)13-21/h4-14H,3,15H2,1-2H3,(H,28,29). The summed E-state index contributed by atoms with van der Waals surface area (Å²) in [6, 6.07) is 19.0. The monoisotopic (exact) mass is 484 g/mol. The fraction of sp³-hybridized carbons (Fsp3) is 0.167. The molecule has 1 N–H and O–H groups in total. The smallest absolute Gasteiger partial charge is 0.262 e. The highest BCUT2D eigenvalue weighted by molar-refractivity contribution is 9.10. The molecule has 3 aromatic carbocycles. The zero-order chi connectivity index (χ0) is 21.5. The lowest BCUT2D eigenvalue weighted by molar-refractivity contribution is -0.118. The van der Waals surface area contributed by atoms with Gasteiger partial charge in [0.25, 0.3) is 5.91 Å². The summed E-state index contributed by atoms with van der Waals surface area (Å²) < 4.78 is 6.65. The zero-order valence-corrected chi connectivity index (χ0v) is 19.1. The normalized spacial score (nSPS) is 10.9. The van der Waals surface area contributed by atoms with Crippen LogP contribution in [0, 0.1) is 6.92 Å². The number of carbonyl (C=O) groups excluding carboxylic acids is 1. The van der Waals surface area contributed by atoms with Gasteiger partial charge in [-0.3, -0.25) is 9.79 Å². The second-order valence-electron chi connectivity index (χ2n) is 6.76. The summed E-state index contributed by atoms with van der Waals surface area (Å²) in [5.41, 5.74) is 4.48. The van der Waals surface area contributed by atoms with E-state index in [9.17, 15) is 4.79 Å². The third-order valence-corrected chi connectivity index (χ3v) is 5.38. The molecule has 0 unspecified atom stereocenters. The lowest BCUT2D eigenvalue weighted by atomic mass is 10.1. The molecule has 0 bridgehead atoms. The van der Waals surface area contributed by atoms with Crippen LogP contribution in [0.25, 0.3) is 0 Å². The number of carbonyl (C=O) groups is 1. The van der Waals surface area contributed by atoms with Crippen LogP contribution in [0.2, 0.25) is 5.02 Å². The Balaban J connectivity index is 1.67. The van der Waals surface area contributed by atoms with Gasteiger partial charge < -0.3 is 10.1 Å². The van der Waals surface area contributed by atoms with Crippen molar-refractivity contribution in [2.75, 3.05) is 11.9 Å². The average Bonchev–Trinajstić information content (AvgIpc) is 2.74. The van der Waals surface area contributed by atoms with Gasteiger partial charge in [-0.1, -0.05) is 52.7 Å². The van der Waals surface area contributed by atoms with Crippen molar-refractivity contribution in [3.8, 4) is 5.75 Å². The highest BCUT2D eigenvalue weighted by Gasteiger charge is 2.08. The van der Waals surface area contributed by atoms with Crippen molar-refractivity contribution in [1.82, 2.24) is 0 Å². The van der Waals surface area contributed by atoms with E-state index in [1.165, 1.54) is 5.56 Å². The second kappa shape index (κ2) is 10.4. The van der Waals surface area contributed by atoms with Crippen LogP contribution < -0.4 is 10.1 Å². The number of aryl methyl sites for hydroxylation is 2. The SMILES string of the molecule is CCc1ccc(N=Cc2cc(Br)ccc2OCC(=O)Nc2ccc(C)c(Cl)c2)cc1. The largest absolute Gasteiger partial charge is 0.483 e. The number of ether oxygens (including phenoxy) is 1. The van der Waals surface area contributed by atoms with E-state index in [4.69, 9.17) is 16.3 Å². The Morgan fingerprint density at radius 1 is 1.13 bits per heavy atom. The number of benzene rings is 3. The quantitative estimate of drug-likeness (QED) is 0.377. The summed E-state index contributed by atoms with van der Waals surface area (Å²) in [6.07, 6.45) is 2.73. The molecular weight excluding hydrogens is 464 g/mol. The van der Waals surface area contributed by atoms with Gasteiger partial charge in [0.2, 0.25) is 0 Å². The van der Waals surface area contributed by atoms with Gasteiger partial charge in [0.05, 0.1) is 5.69 Å². The average molecular weight is 486 g/mol. The summed E-state index contributed by atoms with van der Waals surface area (Å²) in [5, 5.41) is 3.39. The van der Waals surface area contributed by atoms with Gasteiger partial charge in [0.15, 0.2) is 6.61 Å². The van der Waals surface area contributed by atoms with Crippen molar-refractivity contribution in [2.45, 2.75) is 20.3 Å². The van der Waals surface area contributed by atoms with E-state index in [1.807, 2.05) is 43.3 Å². The molecule has 0 heterocycles. The maximum atomic E-state index is 12.3. The Labute approximate surface area is 190 Å². The van der Waals surface area contributed by atoms with Crippen LogP contribution in [0.15, 0.2) is 70.1 Å². The van der Waals surface area contributed by atoms with Crippen LogP contribution in [0.1, 0.15) is 23.6 Å². The molecule has 3 aromatic rings. The van der Waals surface area contributed by atoms with E-state index >= 15 is 0 Å². The van der Waals surface area contributed by atoms with Crippen LogP contribution in [-0.4, -0.2) is 18.7 Å². The molecule has 0 saturated carbocycles. The highest BCUT2D eigenvalue weighted by atomic mass is 79.9. The third-order valence-electron chi connectivity index (χ3n) is 4.48. The molecule has 0 aliphatic heterocycles. The molecule has 0 atom stereocenters. The van der Waals surface area contributed by atoms with Crippen LogP contribution in [-0.2, 0) is 11.2 Å². The first-order valence-electron chi connectivity index (χ1n) is 9.56. The molecule has 0 aromatic heterocycles. The molecule has 1 amide bonds. The van der Waals surface area contributed by atoms with E-state index in [-0.39, 0.29) is 12.5 Å². The molecule has 0 aliphatic rings. The fourth-order valence-corrected chi connectivity index (χ4v) is 3.28. The molecule has 0 fully saturated rings. The molecule has 154 valence electrons. The van der Waals surface area contributed by atoms with Gasteiger partial charge in [-0.05, 0) is 66.9 Å². The minimum Gasteiger partial charge on any atom is -0.483 e. The number of anilines is 1. The summed E-state index contributed by atoms with van der Waals surface area (Å²) >= 11 is 9.58. The number of rotatable bonds is 7. The third kappa shape index (κ3) is 6.18. The number of halogens is 2. The Morgan fingerprint density at radius 2 is 1.90 bits per heavy atom. The second-order valence-corrected chi connectivity index (χ2v) is 8.08. The predicted octanol–water partition coefficient (Wildman–Crippen LogP) is 6.74. The summed E-state index contributed by atoms with van der Waals surface area (Å²) in [5.74, 6) is 0.306. The van der Waals surface area contributed by atoms with Crippen molar-refractivity contribution < 1.29 is 9.53 Å². The maximum Gasteiger partial charge on any atom is 0.262 e. The van der Waals surface area contributed by atoms with E-state index < -0.39 is 0 Å². The molecule has 0 spiro atoms. The van der Waals surface area contributed by atoms with Crippen LogP contribution in [0.4, 0.5) is 11.4 Å². The van der Waals surface area contributed by atoms with Gasteiger partial charge in [0.1, 0.15) is 5.75 Å². The van der Waals surface area contributed by atoms with Crippen LogP contribution in [0.3, 0.4) is 0 Å². The number of nitrogens with zero attached hydrogens (tertiary/aromatic N) is 1. The topological polar surface area (TPSA) is 50.7 Å². The summed E-state index contributed by atoms with van der Waals surface area (Å²) in [6.45, 7) is 3.90. The minimum absolute atomic E-state index is 0.126. The molecule has 0 saturated heterocycles. The van der Waals surface area contributed by atoms with Gasteiger partial charge in [-0.15, -0.1) is 0 Å². The first-order chi connectivity index (χ1) is 14.4. The highest BCUT2D eigenvalue weighted by Crippen LogP contribution is 2.24. The molecular formula is C24H22BrClN2O2. The van der Waals surface area contributed by atoms with E-state index in [2.05, 4.69) is 45.3 Å². The number of nitrogens with one attached hydrogen (secondary N) is 1. The maximum absolute atomic E-state index is 12.3. The van der Waals surface area contributed by atoms with E-state index in [0.717, 1.165) is 27.7 Å². The van der Waals surface area contributed by atoms with E-state index in [1.54, 1.807) is 18.3 Å². The van der Waals surface area contributed by atoms with Crippen molar-refractivity contribution in [3.05, 3.63) is 86.8 Å². The summed E-state index contributed by atoms with van der Waals surface area (Å²) in [7, 11) is 0. The fourth-order valence-electron chi connectivity index (χ4n) is 2.72. The Kier molecular flexibility index (Phi) is 7.66. The molecule has 4 nitrogen and oxygen atoms in total. The first kappa shape index (κ1) is 22.1. The van der Waals surface area contributed by atoms with Crippen LogP contribution >= 0.6 is 27.5 Å². The summed E-state index contributed by atoms with van der Waals surface area (Å²) in [4.78, 5) is 16.8. The van der Waals surface area contributed by atoms with Gasteiger partial charge in [-0.25, -0.2) is 0 Å². The Hall–Kier alpha value is -2.63. The van der Waals surface area contributed by atoms with Gasteiger partial charge >= 0.3 is 0 Å². The number of hydrogen-bond acceptors (Lipinski definition) is 3. The predicted molar refractivity (Wildman–Crippen MR) is 128 cm³/mol. The number of hydrogen-bond donors (Lipinski definition) is 1. The first-order valence-corrected chi connectivity index (χ1v) is 10.7. The van der Waals surface area contributed by atoms with Crippen molar-refractivity contribution in [2.24, 2.45) is 4.99 Å². The lowest BCUT2D eigenvalue weighted by Gasteiger charge is -2.11. The van der Waals surface area contributed by atoms with Gasteiger partial charge in [-0.2, -0.15) is 0 Å². The molecule has 0 radical (unpaired) electrons. The van der Waals surface area contributed by atoms with Crippen LogP contribution in [0.5, 0.6) is 5.75 Å². The molecule has 30 heavy (non-hydrogen) atoms. The molecule has 3 rings (SSSR count). The minimum atomic E-state index is -0.268. The van der Waals surface area contributed by atoms with E-state index in [0.29, 0.717) is 16.5 Å². The van der Waals surface area contributed by atoms with Gasteiger partial charge in [0, 0.05) is 27.0 Å². The zero-order valence-electron chi connectivity index (χ0n) is 16.8. The van der Waals surface area contributed by atoms with Crippen molar-refractivity contribution >= 4 is 51.0 Å². The van der Waals surface area contributed by atoms with Crippen molar-refractivity contribution in [1.29, 1.82) is 0 Å². The lowest BCUT2D eigenvalue weighted by Crippen LogP contribution is -2.20. The number of amides is 1. The Bertz CT molecular complexity index is 1070. The van der Waals surface area contributed by atoms with Crippen molar-refractivity contribution in [3.63, 3.8) is 0 Å².